The topological polar surface area (TPSA) is 0 Å². The molecule has 0 spiro atoms. The van der Waals surface area contributed by atoms with Crippen molar-refractivity contribution in [2.24, 2.45) is 0 Å². The molecule has 0 bridgehead atoms. The summed E-state index contributed by atoms with van der Waals surface area (Å²) in [6, 6.07) is 37.6. The van der Waals surface area contributed by atoms with Gasteiger partial charge in [-0.1, -0.05) is 125 Å². The minimum Gasteiger partial charge on any atom is -0.166 e. The van der Waals surface area contributed by atoms with Crippen molar-refractivity contribution in [2.75, 3.05) is 0 Å². The van der Waals surface area contributed by atoms with Gasteiger partial charge in [-0.3, -0.25) is 0 Å². The molecule has 0 aliphatic carbocycles. The third-order valence-electron chi connectivity index (χ3n) is 4.45. The third kappa shape index (κ3) is 6.78. The predicted molar refractivity (Wildman–Crippen MR) is 129 cm³/mol. The second-order valence-corrected chi connectivity index (χ2v) is 9.45. The number of rotatable bonds is 4. The highest BCUT2D eigenvalue weighted by Crippen LogP contribution is 2.32. The SMILES string of the molecule is FC(F)(F)c1cccc(CBr)c1.c1ccc(P(c2ccccc2)c2ccccc2)cc1. The molecule has 0 aliphatic rings. The van der Waals surface area contributed by atoms with E-state index in [9.17, 15) is 13.2 Å². The summed E-state index contributed by atoms with van der Waals surface area (Å²) < 4.78 is 36.3. The molecule has 0 heterocycles. The van der Waals surface area contributed by atoms with E-state index >= 15 is 0 Å². The van der Waals surface area contributed by atoms with Crippen molar-refractivity contribution >= 4 is 39.8 Å². The number of halogens is 4. The van der Waals surface area contributed by atoms with Crippen LogP contribution < -0.4 is 15.9 Å². The van der Waals surface area contributed by atoms with Crippen LogP contribution in [0.3, 0.4) is 0 Å². The van der Waals surface area contributed by atoms with E-state index < -0.39 is 19.7 Å². The summed E-state index contributed by atoms with van der Waals surface area (Å²) in [6.45, 7) is 0. The van der Waals surface area contributed by atoms with Gasteiger partial charge in [-0.15, -0.1) is 0 Å². The lowest BCUT2D eigenvalue weighted by Gasteiger charge is -2.18. The van der Waals surface area contributed by atoms with Gasteiger partial charge in [0.25, 0.3) is 0 Å². The van der Waals surface area contributed by atoms with Crippen molar-refractivity contribution in [1.29, 1.82) is 0 Å². The monoisotopic (exact) mass is 500 g/mol. The van der Waals surface area contributed by atoms with E-state index in [1.54, 1.807) is 6.07 Å². The molecule has 158 valence electrons. The highest BCUT2D eigenvalue weighted by molar-refractivity contribution is 9.08. The molecule has 0 amide bonds. The van der Waals surface area contributed by atoms with Crippen LogP contribution >= 0.6 is 23.9 Å². The minimum absolute atomic E-state index is 0.441. The summed E-state index contributed by atoms with van der Waals surface area (Å²) in [6.07, 6.45) is -4.24. The largest absolute Gasteiger partial charge is 0.416 e. The van der Waals surface area contributed by atoms with Crippen LogP contribution in [0, 0.1) is 0 Å². The van der Waals surface area contributed by atoms with Gasteiger partial charge in [0, 0.05) is 5.33 Å². The summed E-state index contributed by atoms with van der Waals surface area (Å²) in [5.74, 6) is 0. The molecule has 4 rings (SSSR count). The quantitative estimate of drug-likeness (QED) is 0.208. The highest BCUT2D eigenvalue weighted by atomic mass is 79.9. The molecule has 0 atom stereocenters. The van der Waals surface area contributed by atoms with E-state index in [4.69, 9.17) is 0 Å². The third-order valence-corrected chi connectivity index (χ3v) is 7.54. The number of hydrogen-bond acceptors (Lipinski definition) is 0. The molecule has 0 saturated heterocycles. The minimum atomic E-state index is -4.24. The first-order valence-corrected chi connectivity index (χ1v) is 12.1. The van der Waals surface area contributed by atoms with Crippen LogP contribution in [-0.2, 0) is 11.5 Å². The van der Waals surface area contributed by atoms with Crippen molar-refractivity contribution < 1.29 is 13.2 Å². The standard InChI is InChI=1S/C18H15P.C8H6BrF3/c1-4-10-16(11-5-1)19(17-12-6-2-7-13-17)18-14-8-3-9-15-18;9-5-6-2-1-3-7(4-6)8(10,11)12/h1-15H;1-4H,5H2. The van der Waals surface area contributed by atoms with Crippen LogP contribution in [0.2, 0.25) is 0 Å². The first-order chi connectivity index (χ1) is 15.0. The van der Waals surface area contributed by atoms with Crippen LogP contribution in [0.25, 0.3) is 0 Å². The zero-order valence-corrected chi connectivity index (χ0v) is 19.1. The Morgan fingerprint density at radius 2 is 1.00 bits per heavy atom. The van der Waals surface area contributed by atoms with Gasteiger partial charge in [0.2, 0.25) is 0 Å². The molecule has 0 N–H and O–H groups in total. The average Bonchev–Trinajstić information content (AvgIpc) is 2.81. The van der Waals surface area contributed by atoms with Crippen LogP contribution in [0.4, 0.5) is 13.2 Å². The lowest BCUT2D eigenvalue weighted by atomic mass is 10.1. The molecular weight excluding hydrogens is 480 g/mol. The molecule has 0 nitrogen and oxygen atoms in total. The molecule has 0 fully saturated rings. The number of hydrogen-bond donors (Lipinski definition) is 0. The number of alkyl halides is 4. The Labute approximate surface area is 190 Å². The fourth-order valence-corrected chi connectivity index (χ4v) is 5.66. The smallest absolute Gasteiger partial charge is 0.166 e. The molecule has 4 aromatic carbocycles. The van der Waals surface area contributed by atoms with E-state index in [2.05, 4.69) is 107 Å². The summed E-state index contributed by atoms with van der Waals surface area (Å²) in [7, 11) is -0.446. The van der Waals surface area contributed by atoms with Gasteiger partial charge in [-0.25, -0.2) is 0 Å². The molecule has 0 unspecified atom stereocenters. The molecule has 4 aromatic rings. The van der Waals surface area contributed by atoms with Crippen LogP contribution in [0.5, 0.6) is 0 Å². The molecule has 5 heteroatoms. The lowest BCUT2D eigenvalue weighted by Crippen LogP contribution is -2.20. The summed E-state index contributed by atoms with van der Waals surface area (Å²) in [5.41, 5.74) is 0.0317. The predicted octanol–water partition coefficient (Wildman–Crippen LogP) is 7.05. The van der Waals surface area contributed by atoms with E-state index in [-0.39, 0.29) is 0 Å². The van der Waals surface area contributed by atoms with Crippen molar-refractivity contribution in [1.82, 2.24) is 0 Å². The van der Waals surface area contributed by atoms with Crippen molar-refractivity contribution in [3.8, 4) is 0 Å². The summed E-state index contributed by atoms with van der Waals surface area (Å²) >= 11 is 3.09. The average molecular weight is 501 g/mol. The van der Waals surface area contributed by atoms with Gasteiger partial charge >= 0.3 is 6.18 Å². The Kier molecular flexibility index (Phi) is 8.45. The van der Waals surface area contributed by atoms with E-state index in [0.29, 0.717) is 10.9 Å². The molecule has 0 saturated carbocycles. The first kappa shape index (κ1) is 23.2. The van der Waals surface area contributed by atoms with Gasteiger partial charge in [-0.05, 0) is 35.5 Å². The molecular formula is C26H21BrF3P. The Hall–Kier alpha value is -2.42. The fourth-order valence-electron chi connectivity index (χ4n) is 3.01. The first-order valence-electron chi connectivity index (χ1n) is 9.66. The van der Waals surface area contributed by atoms with Crippen LogP contribution in [-0.4, -0.2) is 0 Å². The zero-order valence-electron chi connectivity index (χ0n) is 16.6. The van der Waals surface area contributed by atoms with Crippen LogP contribution in [0.1, 0.15) is 11.1 Å². The Morgan fingerprint density at radius 1 is 0.581 bits per heavy atom. The van der Waals surface area contributed by atoms with Gasteiger partial charge in [0.1, 0.15) is 0 Å². The Morgan fingerprint density at radius 3 is 1.35 bits per heavy atom. The van der Waals surface area contributed by atoms with E-state index in [1.165, 1.54) is 22.0 Å². The fraction of sp³-hybridized carbons (Fsp3) is 0.0769. The zero-order chi connectivity index (χ0) is 22.1. The van der Waals surface area contributed by atoms with E-state index in [0.717, 1.165) is 12.1 Å². The van der Waals surface area contributed by atoms with Gasteiger partial charge in [-0.2, -0.15) is 13.2 Å². The molecule has 0 radical (unpaired) electrons. The maximum absolute atomic E-state index is 12.1. The normalized spacial score (nSPS) is 11.0. The summed E-state index contributed by atoms with van der Waals surface area (Å²) in [5, 5.41) is 4.64. The lowest BCUT2D eigenvalue weighted by molar-refractivity contribution is -0.137. The maximum Gasteiger partial charge on any atom is 0.416 e. The van der Waals surface area contributed by atoms with Crippen molar-refractivity contribution in [2.45, 2.75) is 11.5 Å². The van der Waals surface area contributed by atoms with Crippen molar-refractivity contribution in [3.63, 3.8) is 0 Å². The van der Waals surface area contributed by atoms with Crippen LogP contribution in [0.15, 0.2) is 115 Å². The van der Waals surface area contributed by atoms with E-state index in [1.807, 2.05) is 0 Å². The molecule has 31 heavy (non-hydrogen) atoms. The summed E-state index contributed by atoms with van der Waals surface area (Å²) in [4.78, 5) is 0. The molecule has 0 aromatic heterocycles. The Balaban J connectivity index is 0.000000196. The Bertz CT molecular complexity index is 958. The van der Waals surface area contributed by atoms with Crippen molar-refractivity contribution in [3.05, 3.63) is 126 Å². The second-order valence-electron chi connectivity index (χ2n) is 6.67. The highest BCUT2D eigenvalue weighted by Gasteiger charge is 2.30. The number of benzene rings is 4. The van der Waals surface area contributed by atoms with Gasteiger partial charge in [0.05, 0.1) is 5.56 Å². The van der Waals surface area contributed by atoms with Gasteiger partial charge in [0.15, 0.2) is 0 Å². The molecule has 0 aliphatic heterocycles. The second kappa shape index (κ2) is 11.3. The van der Waals surface area contributed by atoms with Gasteiger partial charge < -0.3 is 0 Å². The maximum atomic E-state index is 12.1.